The van der Waals surface area contributed by atoms with Crippen LogP contribution in [0.25, 0.3) is 0 Å². The fourth-order valence-electron chi connectivity index (χ4n) is 1.21. The number of nitrogen functional groups attached to an aromatic ring is 1. The van der Waals surface area contributed by atoms with Gasteiger partial charge < -0.3 is 11.1 Å². The number of aromatic nitrogens is 2. The van der Waals surface area contributed by atoms with E-state index >= 15 is 0 Å². The first-order chi connectivity index (χ1) is 6.86. The zero-order valence-electron chi connectivity index (χ0n) is 7.66. The third kappa shape index (κ3) is 2.05. The van der Waals surface area contributed by atoms with Gasteiger partial charge in [-0.05, 0) is 28.8 Å². The van der Waals surface area contributed by atoms with Crippen LogP contribution in [-0.4, -0.2) is 16.7 Å². The van der Waals surface area contributed by atoms with Gasteiger partial charge >= 0.3 is 0 Å². The number of nitrogens with zero attached hydrogens (tertiary/aromatic N) is 1. The molecular weight excluding hydrogens is 196 g/mol. The van der Waals surface area contributed by atoms with Gasteiger partial charge in [0.1, 0.15) is 5.82 Å². The summed E-state index contributed by atoms with van der Waals surface area (Å²) in [5.74, 6) is 0.593. The van der Waals surface area contributed by atoms with E-state index < -0.39 is 0 Å². The van der Waals surface area contributed by atoms with E-state index in [2.05, 4.69) is 32.3 Å². The average molecular weight is 208 g/mol. The Kier molecular flexibility index (Phi) is 2.69. The number of rotatable bonds is 4. The Balaban J connectivity index is 1.81. The van der Waals surface area contributed by atoms with Gasteiger partial charge in [-0.25, -0.2) is 0 Å². The van der Waals surface area contributed by atoms with Gasteiger partial charge in [0.15, 0.2) is 0 Å². The summed E-state index contributed by atoms with van der Waals surface area (Å²) in [6.07, 6.45) is 2.71. The van der Waals surface area contributed by atoms with Crippen molar-refractivity contribution in [1.29, 1.82) is 0 Å². The summed E-state index contributed by atoms with van der Waals surface area (Å²) >= 11 is 1.72. The minimum atomic E-state index is 0.593. The van der Waals surface area contributed by atoms with Crippen molar-refractivity contribution in [2.45, 2.75) is 6.42 Å². The summed E-state index contributed by atoms with van der Waals surface area (Å²) in [5.41, 5.74) is 7.85. The van der Waals surface area contributed by atoms with E-state index in [1.807, 2.05) is 0 Å². The predicted molar refractivity (Wildman–Crippen MR) is 59.5 cm³/mol. The van der Waals surface area contributed by atoms with Crippen LogP contribution in [0.2, 0.25) is 0 Å². The topological polar surface area (TPSA) is 66.7 Å². The minimum absolute atomic E-state index is 0.593. The van der Waals surface area contributed by atoms with Crippen LogP contribution in [-0.2, 0) is 6.42 Å². The maximum atomic E-state index is 5.62. The van der Waals surface area contributed by atoms with Crippen LogP contribution in [0, 0.1) is 0 Å². The maximum Gasteiger partial charge on any atom is 0.142 e. The molecule has 2 rings (SSSR count). The van der Waals surface area contributed by atoms with Crippen molar-refractivity contribution < 1.29 is 0 Å². The van der Waals surface area contributed by atoms with E-state index in [9.17, 15) is 0 Å². The van der Waals surface area contributed by atoms with E-state index in [1.54, 1.807) is 17.5 Å². The number of hydrogen-bond acceptors (Lipinski definition) is 4. The van der Waals surface area contributed by atoms with Gasteiger partial charge in [0.2, 0.25) is 0 Å². The molecule has 0 bridgehead atoms. The third-order valence-electron chi connectivity index (χ3n) is 1.98. The van der Waals surface area contributed by atoms with Gasteiger partial charge in [0, 0.05) is 6.54 Å². The molecule has 14 heavy (non-hydrogen) atoms. The highest BCUT2D eigenvalue weighted by Gasteiger charge is 1.99. The van der Waals surface area contributed by atoms with Crippen molar-refractivity contribution >= 4 is 22.8 Å². The Morgan fingerprint density at radius 3 is 3.14 bits per heavy atom. The number of nitrogens with one attached hydrogen (secondary N) is 2. The molecule has 5 heteroatoms. The van der Waals surface area contributed by atoms with Gasteiger partial charge in [-0.2, -0.15) is 16.4 Å². The molecule has 4 nitrogen and oxygen atoms in total. The van der Waals surface area contributed by atoms with E-state index in [-0.39, 0.29) is 0 Å². The monoisotopic (exact) mass is 208 g/mol. The lowest BCUT2D eigenvalue weighted by Gasteiger charge is -2.02. The largest absolute Gasteiger partial charge is 0.382 e. The molecule has 0 unspecified atom stereocenters. The van der Waals surface area contributed by atoms with E-state index in [1.165, 1.54) is 5.56 Å². The quantitative estimate of drug-likeness (QED) is 0.716. The standard InChI is InChI=1S/C9H12N4S/c10-9-8(5-12-13-9)11-3-1-7-2-4-14-6-7/h2,4-6,11H,1,3H2,(H3,10,12,13). The average Bonchev–Trinajstić information content (AvgIpc) is 2.78. The maximum absolute atomic E-state index is 5.62. The number of anilines is 2. The number of aromatic amines is 1. The second kappa shape index (κ2) is 4.15. The Bertz CT molecular complexity index is 379. The highest BCUT2D eigenvalue weighted by molar-refractivity contribution is 7.07. The fraction of sp³-hybridized carbons (Fsp3) is 0.222. The van der Waals surface area contributed by atoms with Crippen LogP contribution in [0.5, 0.6) is 0 Å². The molecule has 4 N–H and O–H groups in total. The summed E-state index contributed by atoms with van der Waals surface area (Å²) in [5, 5.41) is 14.0. The highest BCUT2D eigenvalue weighted by atomic mass is 32.1. The van der Waals surface area contributed by atoms with Crippen LogP contribution in [0.15, 0.2) is 23.0 Å². The number of thiophene rings is 1. The van der Waals surface area contributed by atoms with Gasteiger partial charge in [-0.1, -0.05) is 0 Å². The van der Waals surface area contributed by atoms with Crippen LogP contribution in [0.4, 0.5) is 11.5 Å². The molecule has 74 valence electrons. The van der Waals surface area contributed by atoms with Gasteiger partial charge in [-0.15, -0.1) is 0 Å². The molecule has 2 heterocycles. The Morgan fingerprint density at radius 1 is 1.57 bits per heavy atom. The molecule has 0 fully saturated rings. The lowest BCUT2D eigenvalue weighted by Crippen LogP contribution is -2.05. The summed E-state index contributed by atoms with van der Waals surface area (Å²) in [6.45, 7) is 0.875. The molecule has 0 aliphatic heterocycles. The van der Waals surface area contributed by atoms with E-state index in [0.717, 1.165) is 18.7 Å². The molecule has 0 radical (unpaired) electrons. The molecule has 0 saturated carbocycles. The molecule has 0 saturated heterocycles. The Hall–Kier alpha value is -1.49. The second-order valence-electron chi connectivity index (χ2n) is 3.01. The first-order valence-corrected chi connectivity index (χ1v) is 5.34. The molecule has 0 spiro atoms. The van der Waals surface area contributed by atoms with Crippen LogP contribution < -0.4 is 11.1 Å². The fourth-order valence-corrected chi connectivity index (χ4v) is 1.92. The smallest absolute Gasteiger partial charge is 0.142 e. The number of nitrogens with two attached hydrogens (primary N) is 1. The predicted octanol–water partition coefficient (Wildman–Crippen LogP) is 1.71. The summed E-state index contributed by atoms with van der Waals surface area (Å²) in [7, 11) is 0. The lowest BCUT2D eigenvalue weighted by molar-refractivity contribution is 1.03. The molecule has 0 aliphatic carbocycles. The highest BCUT2D eigenvalue weighted by Crippen LogP contribution is 2.13. The van der Waals surface area contributed by atoms with Crippen molar-refractivity contribution in [3.8, 4) is 0 Å². The second-order valence-corrected chi connectivity index (χ2v) is 3.79. The van der Waals surface area contributed by atoms with E-state index in [0.29, 0.717) is 5.82 Å². The summed E-state index contributed by atoms with van der Waals surface area (Å²) < 4.78 is 0. The van der Waals surface area contributed by atoms with Crippen molar-refractivity contribution in [2.24, 2.45) is 0 Å². The molecule has 2 aromatic rings. The molecule has 0 aliphatic rings. The SMILES string of the molecule is Nc1[nH]ncc1NCCc1ccsc1. The Labute approximate surface area is 86.1 Å². The first kappa shape index (κ1) is 9.08. The van der Waals surface area contributed by atoms with Crippen molar-refractivity contribution in [2.75, 3.05) is 17.6 Å². The lowest BCUT2D eigenvalue weighted by atomic mass is 10.2. The van der Waals surface area contributed by atoms with Crippen molar-refractivity contribution in [1.82, 2.24) is 10.2 Å². The van der Waals surface area contributed by atoms with Gasteiger partial charge in [-0.3, -0.25) is 5.10 Å². The summed E-state index contributed by atoms with van der Waals surface area (Å²) in [4.78, 5) is 0. The van der Waals surface area contributed by atoms with Crippen LogP contribution >= 0.6 is 11.3 Å². The number of hydrogen-bond donors (Lipinski definition) is 3. The van der Waals surface area contributed by atoms with E-state index in [4.69, 9.17) is 5.73 Å². The molecule has 0 amide bonds. The molecule has 0 atom stereocenters. The van der Waals surface area contributed by atoms with Crippen LogP contribution in [0.3, 0.4) is 0 Å². The zero-order chi connectivity index (χ0) is 9.80. The van der Waals surface area contributed by atoms with Crippen molar-refractivity contribution in [3.63, 3.8) is 0 Å². The molecule has 2 aromatic heterocycles. The minimum Gasteiger partial charge on any atom is -0.382 e. The van der Waals surface area contributed by atoms with Crippen LogP contribution in [0.1, 0.15) is 5.56 Å². The number of H-pyrrole nitrogens is 1. The molecule has 0 aromatic carbocycles. The first-order valence-electron chi connectivity index (χ1n) is 4.40. The summed E-state index contributed by atoms with van der Waals surface area (Å²) in [6, 6.07) is 2.13. The molecular formula is C9H12N4S. The van der Waals surface area contributed by atoms with Gasteiger partial charge in [0.05, 0.1) is 11.9 Å². The Morgan fingerprint density at radius 2 is 2.50 bits per heavy atom. The van der Waals surface area contributed by atoms with Crippen molar-refractivity contribution in [3.05, 3.63) is 28.6 Å². The zero-order valence-corrected chi connectivity index (χ0v) is 8.47. The normalized spacial score (nSPS) is 10.3. The third-order valence-corrected chi connectivity index (χ3v) is 2.71. The van der Waals surface area contributed by atoms with Gasteiger partial charge in [0.25, 0.3) is 0 Å².